The maximum Gasteiger partial charge on any atom is 0.293 e. The smallest absolute Gasteiger partial charge is 0.293 e. The van der Waals surface area contributed by atoms with Gasteiger partial charge in [-0.25, -0.2) is 0 Å². The first-order valence-electron chi connectivity index (χ1n) is 6.10. The lowest BCUT2D eigenvalue weighted by molar-refractivity contribution is 0.0672. The topological polar surface area (TPSA) is 72.4 Å². The molecule has 1 aliphatic carbocycles. The van der Waals surface area contributed by atoms with Crippen molar-refractivity contribution in [1.82, 2.24) is 10.1 Å². The number of carbonyl (C=O) groups is 1. The molecule has 0 spiro atoms. The van der Waals surface area contributed by atoms with Crippen LogP contribution < -0.4 is 5.73 Å². The van der Waals surface area contributed by atoms with Gasteiger partial charge in [-0.15, -0.1) is 0 Å². The molecule has 0 atom stereocenters. The molecule has 1 heterocycles. The predicted molar refractivity (Wildman–Crippen MR) is 71.3 cm³/mol. The number of hydrogen-bond acceptors (Lipinski definition) is 4. The molecule has 1 aliphatic rings. The summed E-state index contributed by atoms with van der Waals surface area (Å²) < 4.78 is 5.02. The molecule has 98 valence electrons. The highest BCUT2D eigenvalue weighted by atomic mass is 32.1. The van der Waals surface area contributed by atoms with Gasteiger partial charge in [0, 0.05) is 12.1 Å². The van der Waals surface area contributed by atoms with E-state index in [0.29, 0.717) is 17.2 Å². The van der Waals surface area contributed by atoms with E-state index in [1.54, 1.807) is 17.9 Å². The number of nitrogens with two attached hydrogens (primary N) is 1. The monoisotopic (exact) mass is 267 g/mol. The molecule has 5 nitrogen and oxygen atoms in total. The molecule has 0 aromatic carbocycles. The van der Waals surface area contributed by atoms with Crippen LogP contribution in [0.25, 0.3) is 0 Å². The molecule has 1 fully saturated rings. The maximum atomic E-state index is 12.4. The Morgan fingerprint density at radius 1 is 1.61 bits per heavy atom. The predicted octanol–water partition coefficient (Wildman–Crippen LogP) is 1.65. The molecule has 0 bridgehead atoms. The summed E-state index contributed by atoms with van der Waals surface area (Å²) in [6.45, 7) is 2.09. The van der Waals surface area contributed by atoms with E-state index in [0.717, 1.165) is 25.7 Å². The van der Waals surface area contributed by atoms with Crippen LogP contribution in [0.5, 0.6) is 0 Å². The Kier molecular flexibility index (Phi) is 3.96. The van der Waals surface area contributed by atoms with Crippen LogP contribution in [0, 0.1) is 6.92 Å². The molecule has 2 rings (SSSR count). The third kappa shape index (κ3) is 2.87. The van der Waals surface area contributed by atoms with Crippen LogP contribution in [0.15, 0.2) is 10.6 Å². The van der Waals surface area contributed by atoms with Crippen molar-refractivity contribution >= 4 is 23.1 Å². The van der Waals surface area contributed by atoms with E-state index in [9.17, 15) is 4.79 Å². The van der Waals surface area contributed by atoms with Crippen molar-refractivity contribution in [2.24, 2.45) is 5.73 Å². The van der Waals surface area contributed by atoms with Crippen LogP contribution >= 0.6 is 12.2 Å². The zero-order valence-corrected chi connectivity index (χ0v) is 11.2. The normalized spacial score (nSPS) is 15.8. The molecule has 1 aromatic rings. The van der Waals surface area contributed by atoms with E-state index in [-0.39, 0.29) is 17.7 Å². The first-order valence-corrected chi connectivity index (χ1v) is 6.51. The Morgan fingerprint density at radius 3 is 2.78 bits per heavy atom. The van der Waals surface area contributed by atoms with Crippen molar-refractivity contribution in [1.29, 1.82) is 0 Å². The molecule has 0 saturated heterocycles. The Balaban J connectivity index is 2.17. The van der Waals surface area contributed by atoms with Crippen LogP contribution in [0.4, 0.5) is 0 Å². The van der Waals surface area contributed by atoms with Gasteiger partial charge in [-0.2, -0.15) is 0 Å². The van der Waals surface area contributed by atoms with Crippen LogP contribution in [0.3, 0.4) is 0 Å². The summed E-state index contributed by atoms with van der Waals surface area (Å²) in [6, 6.07) is 1.86. The molecular formula is C12H17N3O2S. The SMILES string of the molecule is Cc1cc(C(=O)N(CC(N)=S)C2CCCC2)on1. The fraction of sp³-hybridized carbons (Fsp3) is 0.583. The molecule has 1 aromatic heterocycles. The highest BCUT2D eigenvalue weighted by molar-refractivity contribution is 7.80. The summed E-state index contributed by atoms with van der Waals surface area (Å²) in [5.74, 6) is 0.0888. The zero-order valence-electron chi connectivity index (χ0n) is 10.4. The largest absolute Gasteiger partial charge is 0.392 e. The van der Waals surface area contributed by atoms with E-state index in [1.165, 1.54) is 0 Å². The number of aryl methyl sites for hydroxylation is 1. The van der Waals surface area contributed by atoms with Gasteiger partial charge in [-0.3, -0.25) is 4.79 Å². The summed E-state index contributed by atoms with van der Waals surface area (Å²) in [4.78, 5) is 14.4. The molecule has 2 N–H and O–H groups in total. The minimum Gasteiger partial charge on any atom is -0.392 e. The minimum absolute atomic E-state index is 0.171. The standard InChI is InChI=1S/C12H17N3O2S/c1-8-6-10(17-14-8)12(16)15(7-11(13)18)9-4-2-3-5-9/h6,9H,2-5,7H2,1H3,(H2,13,18). The van der Waals surface area contributed by atoms with Crippen LogP contribution in [-0.4, -0.2) is 33.5 Å². The lowest BCUT2D eigenvalue weighted by Crippen LogP contribution is -2.43. The van der Waals surface area contributed by atoms with E-state index in [2.05, 4.69) is 5.16 Å². The quantitative estimate of drug-likeness (QED) is 0.840. The number of amides is 1. The fourth-order valence-corrected chi connectivity index (χ4v) is 2.50. The van der Waals surface area contributed by atoms with Crippen LogP contribution in [-0.2, 0) is 0 Å². The van der Waals surface area contributed by atoms with Crippen LogP contribution in [0.2, 0.25) is 0 Å². The lowest BCUT2D eigenvalue weighted by atomic mass is 10.2. The molecule has 1 saturated carbocycles. The second kappa shape index (κ2) is 5.48. The van der Waals surface area contributed by atoms with Crippen molar-refractivity contribution in [3.8, 4) is 0 Å². The van der Waals surface area contributed by atoms with Crippen molar-refractivity contribution in [2.45, 2.75) is 38.6 Å². The third-order valence-electron chi connectivity index (χ3n) is 3.19. The summed E-state index contributed by atoms with van der Waals surface area (Å²) >= 11 is 4.92. The van der Waals surface area contributed by atoms with Gasteiger partial charge in [-0.1, -0.05) is 30.2 Å². The van der Waals surface area contributed by atoms with E-state index in [1.807, 2.05) is 0 Å². The zero-order chi connectivity index (χ0) is 13.1. The van der Waals surface area contributed by atoms with E-state index in [4.69, 9.17) is 22.5 Å². The average Bonchev–Trinajstić information content (AvgIpc) is 2.95. The van der Waals surface area contributed by atoms with E-state index < -0.39 is 0 Å². The molecular weight excluding hydrogens is 250 g/mol. The highest BCUT2D eigenvalue weighted by Gasteiger charge is 2.29. The highest BCUT2D eigenvalue weighted by Crippen LogP contribution is 2.24. The summed E-state index contributed by atoms with van der Waals surface area (Å²) in [6.07, 6.45) is 4.28. The minimum atomic E-state index is -0.171. The lowest BCUT2D eigenvalue weighted by Gasteiger charge is -2.27. The van der Waals surface area contributed by atoms with Gasteiger partial charge in [-0.05, 0) is 19.8 Å². The van der Waals surface area contributed by atoms with Crippen LogP contribution in [0.1, 0.15) is 41.9 Å². The van der Waals surface area contributed by atoms with Gasteiger partial charge >= 0.3 is 0 Å². The number of rotatable bonds is 4. The van der Waals surface area contributed by atoms with Gasteiger partial charge < -0.3 is 15.2 Å². The van der Waals surface area contributed by atoms with Crippen molar-refractivity contribution in [3.05, 3.63) is 17.5 Å². The Bertz CT molecular complexity index is 452. The van der Waals surface area contributed by atoms with Gasteiger partial charge in [0.15, 0.2) is 0 Å². The molecule has 1 amide bonds. The number of aromatic nitrogens is 1. The number of hydrogen-bond donors (Lipinski definition) is 1. The molecule has 0 unspecified atom stereocenters. The van der Waals surface area contributed by atoms with E-state index >= 15 is 0 Å². The fourth-order valence-electron chi connectivity index (χ4n) is 2.36. The molecule has 6 heteroatoms. The first-order chi connectivity index (χ1) is 8.58. The summed E-state index contributed by atoms with van der Waals surface area (Å²) in [7, 11) is 0. The first kappa shape index (κ1) is 13.0. The van der Waals surface area contributed by atoms with Crippen molar-refractivity contribution in [2.75, 3.05) is 6.54 Å². The maximum absolute atomic E-state index is 12.4. The number of thiocarbonyl (C=S) groups is 1. The van der Waals surface area contributed by atoms with Crippen molar-refractivity contribution < 1.29 is 9.32 Å². The van der Waals surface area contributed by atoms with Gasteiger partial charge in [0.1, 0.15) is 0 Å². The third-order valence-corrected chi connectivity index (χ3v) is 3.32. The second-order valence-corrected chi connectivity index (χ2v) is 5.19. The number of carbonyl (C=O) groups excluding carboxylic acids is 1. The molecule has 0 aliphatic heterocycles. The average molecular weight is 267 g/mol. The Morgan fingerprint density at radius 2 is 2.28 bits per heavy atom. The van der Waals surface area contributed by atoms with Gasteiger partial charge in [0.2, 0.25) is 5.76 Å². The van der Waals surface area contributed by atoms with Gasteiger partial charge in [0.05, 0.1) is 17.2 Å². The number of nitrogens with zero attached hydrogens (tertiary/aromatic N) is 2. The van der Waals surface area contributed by atoms with Crippen molar-refractivity contribution in [3.63, 3.8) is 0 Å². The molecule has 0 radical (unpaired) electrons. The van der Waals surface area contributed by atoms with Gasteiger partial charge in [0.25, 0.3) is 5.91 Å². The Hall–Kier alpha value is -1.43. The second-order valence-electron chi connectivity index (χ2n) is 4.67. The Labute approximate surface area is 111 Å². The summed E-state index contributed by atoms with van der Waals surface area (Å²) in [5.41, 5.74) is 6.27. The molecule has 18 heavy (non-hydrogen) atoms. The summed E-state index contributed by atoms with van der Waals surface area (Å²) in [5, 5.41) is 3.74.